The van der Waals surface area contributed by atoms with Gasteiger partial charge in [0, 0.05) is 18.8 Å². The third-order valence-corrected chi connectivity index (χ3v) is 3.78. The summed E-state index contributed by atoms with van der Waals surface area (Å²) in [6, 6.07) is 12.6. The maximum Gasteiger partial charge on any atom is 0.248 e. The van der Waals surface area contributed by atoms with Crippen molar-refractivity contribution in [1.82, 2.24) is 5.32 Å². The lowest BCUT2D eigenvalue weighted by Gasteiger charge is -2.09. The van der Waals surface area contributed by atoms with E-state index in [4.69, 9.17) is 9.47 Å². The van der Waals surface area contributed by atoms with Crippen LogP contribution in [0.2, 0.25) is 0 Å². The van der Waals surface area contributed by atoms with Crippen LogP contribution in [-0.2, 0) is 16.0 Å². The molecule has 6 heteroatoms. The number of carbonyl (C=O) groups is 2. The first-order valence-electron chi connectivity index (χ1n) is 8.65. The Kier molecular flexibility index (Phi) is 7.43. The predicted molar refractivity (Wildman–Crippen MR) is 106 cm³/mol. The highest BCUT2D eigenvalue weighted by molar-refractivity contribution is 6.02. The van der Waals surface area contributed by atoms with Crippen LogP contribution in [0.4, 0.5) is 5.69 Å². The van der Waals surface area contributed by atoms with E-state index in [2.05, 4.69) is 10.6 Å². The fourth-order valence-corrected chi connectivity index (χ4v) is 2.40. The van der Waals surface area contributed by atoms with E-state index in [0.717, 1.165) is 11.1 Å². The summed E-state index contributed by atoms with van der Waals surface area (Å²) in [5.41, 5.74) is 2.37. The average Bonchev–Trinajstić information content (AvgIpc) is 2.68. The minimum absolute atomic E-state index is 0.0550. The zero-order valence-electron chi connectivity index (χ0n) is 15.7. The summed E-state index contributed by atoms with van der Waals surface area (Å²) >= 11 is 0. The lowest BCUT2D eigenvalue weighted by molar-refractivity contribution is -0.120. The van der Waals surface area contributed by atoms with Crippen LogP contribution in [0.15, 0.2) is 48.5 Å². The van der Waals surface area contributed by atoms with E-state index < -0.39 is 0 Å². The molecule has 2 aromatic carbocycles. The minimum atomic E-state index is -0.247. The van der Waals surface area contributed by atoms with Crippen molar-refractivity contribution >= 4 is 23.6 Å². The summed E-state index contributed by atoms with van der Waals surface area (Å²) in [6.45, 7) is 2.43. The van der Waals surface area contributed by atoms with Crippen molar-refractivity contribution in [2.75, 3.05) is 26.1 Å². The quantitative estimate of drug-likeness (QED) is 0.702. The first-order chi connectivity index (χ1) is 13.0. The Labute approximate surface area is 159 Å². The Hall–Kier alpha value is -3.28. The number of anilines is 1. The number of ether oxygens (including phenoxy) is 2. The highest BCUT2D eigenvalue weighted by atomic mass is 16.5. The van der Waals surface area contributed by atoms with Gasteiger partial charge in [0.25, 0.3) is 0 Å². The maximum absolute atomic E-state index is 12.1. The largest absolute Gasteiger partial charge is 0.493 e. The van der Waals surface area contributed by atoms with Crippen LogP contribution in [0.5, 0.6) is 11.5 Å². The first kappa shape index (κ1) is 20.0. The fourth-order valence-electron chi connectivity index (χ4n) is 2.40. The summed E-state index contributed by atoms with van der Waals surface area (Å²) in [7, 11) is 3.18. The lowest BCUT2D eigenvalue weighted by Crippen LogP contribution is -2.19. The van der Waals surface area contributed by atoms with Gasteiger partial charge < -0.3 is 20.1 Å². The summed E-state index contributed by atoms with van der Waals surface area (Å²) in [6.07, 6.45) is 3.47. The summed E-state index contributed by atoms with van der Waals surface area (Å²) < 4.78 is 10.8. The van der Waals surface area contributed by atoms with Gasteiger partial charge in [0.1, 0.15) is 0 Å². The molecule has 0 spiro atoms. The molecule has 2 amide bonds. The monoisotopic (exact) mass is 368 g/mol. The van der Waals surface area contributed by atoms with Crippen molar-refractivity contribution in [3.8, 4) is 11.5 Å². The van der Waals surface area contributed by atoms with Crippen molar-refractivity contribution in [1.29, 1.82) is 0 Å². The zero-order valence-corrected chi connectivity index (χ0v) is 15.7. The summed E-state index contributed by atoms with van der Waals surface area (Å²) in [4.78, 5) is 23.5. The van der Waals surface area contributed by atoms with Gasteiger partial charge in [-0.1, -0.05) is 18.2 Å². The van der Waals surface area contributed by atoms with Crippen LogP contribution in [0.25, 0.3) is 6.08 Å². The van der Waals surface area contributed by atoms with Gasteiger partial charge in [0.2, 0.25) is 11.8 Å². The Bertz CT molecular complexity index is 813. The fraction of sp³-hybridized carbons (Fsp3) is 0.238. The van der Waals surface area contributed by atoms with Crippen molar-refractivity contribution in [3.05, 3.63) is 59.7 Å². The van der Waals surface area contributed by atoms with Crippen molar-refractivity contribution in [3.63, 3.8) is 0 Å². The van der Waals surface area contributed by atoms with Crippen LogP contribution in [-0.4, -0.2) is 32.6 Å². The number of likely N-dealkylation sites (N-methyl/N-ethyl adjacent to an activating group) is 1. The Morgan fingerprint density at radius 1 is 1.07 bits per heavy atom. The SMILES string of the molecule is CCOc1cc(/C=C/C(=O)Nc2ccc(CC(=O)NC)cc2)ccc1OC. The topological polar surface area (TPSA) is 76.7 Å². The standard InChI is InChI=1S/C21H24N2O4/c1-4-27-19-13-15(7-11-18(19)26-3)8-12-20(24)23-17-9-5-16(6-10-17)14-21(25)22-2/h5-13H,4,14H2,1-3H3,(H,22,25)(H,23,24)/b12-8+. The molecule has 0 aromatic heterocycles. The van der Waals surface area contributed by atoms with Gasteiger partial charge in [0.15, 0.2) is 11.5 Å². The molecule has 2 N–H and O–H groups in total. The number of rotatable bonds is 8. The Morgan fingerprint density at radius 3 is 2.44 bits per heavy atom. The number of carbonyl (C=O) groups excluding carboxylic acids is 2. The van der Waals surface area contributed by atoms with E-state index in [0.29, 0.717) is 30.2 Å². The number of hydrogen-bond donors (Lipinski definition) is 2. The van der Waals surface area contributed by atoms with E-state index in [1.807, 2.05) is 31.2 Å². The van der Waals surface area contributed by atoms with Crippen LogP contribution >= 0.6 is 0 Å². The van der Waals surface area contributed by atoms with Crippen LogP contribution in [0.3, 0.4) is 0 Å². The van der Waals surface area contributed by atoms with Gasteiger partial charge in [-0.05, 0) is 48.4 Å². The Balaban J connectivity index is 1.98. The molecule has 142 valence electrons. The van der Waals surface area contributed by atoms with Gasteiger partial charge in [-0.2, -0.15) is 0 Å². The molecule has 0 heterocycles. The van der Waals surface area contributed by atoms with Crippen LogP contribution < -0.4 is 20.1 Å². The number of methoxy groups -OCH3 is 1. The van der Waals surface area contributed by atoms with Crippen molar-refractivity contribution in [2.45, 2.75) is 13.3 Å². The number of amides is 2. The van der Waals surface area contributed by atoms with Gasteiger partial charge in [0.05, 0.1) is 20.1 Å². The Morgan fingerprint density at radius 2 is 1.81 bits per heavy atom. The third kappa shape index (κ3) is 6.18. The second-order valence-corrected chi connectivity index (χ2v) is 5.71. The lowest BCUT2D eigenvalue weighted by atomic mass is 10.1. The molecule has 0 saturated carbocycles. The molecule has 0 aliphatic carbocycles. The molecule has 0 bridgehead atoms. The molecule has 0 unspecified atom stereocenters. The summed E-state index contributed by atoms with van der Waals surface area (Å²) in [5.74, 6) is 0.980. The molecule has 0 fully saturated rings. The minimum Gasteiger partial charge on any atom is -0.493 e. The van der Waals surface area contributed by atoms with Crippen molar-refractivity contribution < 1.29 is 19.1 Å². The second kappa shape index (κ2) is 10.0. The molecule has 0 atom stereocenters. The average molecular weight is 368 g/mol. The van der Waals surface area contributed by atoms with Gasteiger partial charge in [-0.25, -0.2) is 0 Å². The maximum atomic E-state index is 12.1. The van der Waals surface area contributed by atoms with Gasteiger partial charge in [-0.3, -0.25) is 9.59 Å². The highest BCUT2D eigenvalue weighted by Gasteiger charge is 2.05. The molecule has 2 aromatic rings. The normalized spacial score (nSPS) is 10.5. The van der Waals surface area contributed by atoms with Crippen LogP contribution in [0.1, 0.15) is 18.1 Å². The molecule has 2 rings (SSSR count). The van der Waals surface area contributed by atoms with E-state index >= 15 is 0 Å². The van der Waals surface area contributed by atoms with Crippen molar-refractivity contribution in [2.24, 2.45) is 0 Å². The first-order valence-corrected chi connectivity index (χ1v) is 8.65. The van der Waals surface area contributed by atoms with E-state index in [1.165, 1.54) is 6.08 Å². The summed E-state index contributed by atoms with van der Waals surface area (Å²) in [5, 5.41) is 5.36. The molecule has 0 aliphatic rings. The predicted octanol–water partition coefficient (Wildman–Crippen LogP) is 3.03. The molecular weight excluding hydrogens is 344 g/mol. The molecule has 0 saturated heterocycles. The molecule has 0 radical (unpaired) electrons. The van der Waals surface area contributed by atoms with E-state index in [1.54, 1.807) is 38.4 Å². The number of nitrogens with one attached hydrogen (secondary N) is 2. The van der Waals surface area contributed by atoms with Gasteiger partial charge >= 0.3 is 0 Å². The van der Waals surface area contributed by atoms with E-state index in [-0.39, 0.29) is 11.8 Å². The second-order valence-electron chi connectivity index (χ2n) is 5.71. The molecule has 6 nitrogen and oxygen atoms in total. The highest BCUT2D eigenvalue weighted by Crippen LogP contribution is 2.28. The van der Waals surface area contributed by atoms with E-state index in [9.17, 15) is 9.59 Å². The number of benzene rings is 2. The molecule has 27 heavy (non-hydrogen) atoms. The third-order valence-electron chi connectivity index (χ3n) is 3.78. The molecule has 0 aliphatic heterocycles. The van der Waals surface area contributed by atoms with Gasteiger partial charge in [-0.15, -0.1) is 0 Å². The zero-order chi connectivity index (χ0) is 19.6. The number of hydrogen-bond acceptors (Lipinski definition) is 4. The molecular formula is C21H24N2O4. The smallest absolute Gasteiger partial charge is 0.248 e. The van der Waals surface area contributed by atoms with Crippen LogP contribution in [0, 0.1) is 0 Å².